The smallest absolute Gasteiger partial charge is 0.0794 e. The van der Waals surface area contributed by atoms with Crippen molar-refractivity contribution >= 4 is 11.3 Å². The molecule has 0 bridgehead atoms. The SMILES string of the molecule is CC(NCCc1ccccn1)c1cncs1. The van der Waals surface area contributed by atoms with E-state index in [2.05, 4.69) is 28.3 Å². The quantitative estimate of drug-likeness (QED) is 0.862. The molecule has 1 atom stereocenters. The van der Waals surface area contributed by atoms with Gasteiger partial charge in [-0.1, -0.05) is 6.07 Å². The van der Waals surface area contributed by atoms with Gasteiger partial charge in [0, 0.05) is 42.0 Å². The van der Waals surface area contributed by atoms with Crippen LogP contribution in [-0.2, 0) is 6.42 Å². The van der Waals surface area contributed by atoms with Crippen LogP contribution in [0, 0.1) is 0 Å². The highest BCUT2D eigenvalue weighted by Gasteiger charge is 2.05. The number of hydrogen-bond donors (Lipinski definition) is 1. The molecule has 2 aromatic rings. The summed E-state index contributed by atoms with van der Waals surface area (Å²) < 4.78 is 0. The van der Waals surface area contributed by atoms with Crippen LogP contribution >= 0.6 is 11.3 Å². The molecule has 0 saturated carbocycles. The van der Waals surface area contributed by atoms with Crippen molar-refractivity contribution in [1.29, 1.82) is 0 Å². The van der Waals surface area contributed by atoms with E-state index >= 15 is 0 Å². The number of aromatic nitrogens is 2. The zero-order chi connectivity index (χ0) is 11.2. The van der Waals surface area contributed by atoms with E-state index in [4.69, 9.17) is 0 Å². The molecule has 84 valence electrons. The van der Waals surface area contributed by atoms with Crippen LogP contribution in [0.4, 0.5) is 0 Å². The van der Waals surface area contributed by atoms with E-state index in [0.29, 0.717) is 6.04 Å². The van der Waals surface area contributed by atoms with Gasteiger partial charge in [-0.25, -0.2) is 0 Å². The maximum absolute atomic E-state index is 4.29. The summed E-state index contributed by atoms with van der Waals surface area (Å²) in [5.41, 5.74) is 3.00. The fraction of sp³-hybridized carbons (Fsp3) is 0.333. The second kappa shape index (κ2) is 5.72. The number of rotatable bonds is 5. The zero-order valence-electron chi connectivity index (χ0n) is 9.26. The van der Waals surface area contributed by atoms with Gasteiger partial charge in [-0.2, -0.15) is 0 Å². The lowest BCUT2D eigenvalue weighted by Crippen LogP contribution is -2.20. The van der Waals surface area contributed by atoms with Crippen molar-refractivity contribution in [1.82, 2.24) is 15.3 Å². The Kier molecular flexibility index (Phi) is 4.02. The Bertz CT molecular complexity index is 399. The van der Waals surface area contributed by atoms with E-state index < -0.39 is 0 Å². The van der Waals surface area contributed by atoms with Crippen LogP contribution in [0.25, 0.3) is 0 Å². The van der Waals surface area contributed by atoms with Gasteiger partial charge < -0.3 is 5.32 Å². The third kappa shape index (κ3) is 3.12. The Morgan fingerprint density at radius 1 is 1.44 bits per heavy atom. The van der Waals surface area contributed by atoms with Crippen LogP contribution < -0.4 is 5.32 Å². The van der Waals surface area contributed by atoms with Crippen molar-refractivity contribution in [3.63, 3.8) is 0 Å². The maximum Gasteiger partial charge on any atom is 0.0794 e. The number of hydrogen-bond acceptors (Lipinski definition) is 4. The largest absolute Gasteiger partial charge is 0.309 e. The molecule has 0 radical (unpaired) electrons. The van der Waals surface area contributed by atoms with Crippen molar-refractivity contribution in [2.45, 2.75) is 19.4 Å². The lowest BCUT2D eigenvalue weighted by molar-refractivity contribution is 0.581. The Labute approximate surface area is 99.6 Å². The Morgan fingerprint density at radius 2 is 2.38 bits per heavy atom. The van der Waals surface area contributed by atoms with Gasteiger partial charge in [-0.3, -0.25) is 9.97 Å². The topological polar surface area (TPSA) is 37.8 Å². The summed E-state index contributed by atoms with van der Waals surface area (Å²) >= 11 is 1.69. The van der Waals surface area contributed by atoms with Crippen LogP contribution in [-0.4, -0.2) is 16.5 Å². The van der Waals surface area contributed by atoms with Crippen LogP contribution in [0.2, 0.25) is 0 Å². The van der Waals surface area contributed by atoms with E-state index in [1.54, 1.807) is 11.3 Å². The lowest BCUT2D eigenvalue weighted by Gasteiger charge is -2.10. The highest BCUT2D eigenvalue weighted by molar-refractivity contribution is 7.09. The maximum atomic E-state index is 4.29. The van der Waals surface area contributed by atoms with Gasteiger partial charge in [-0.05, 0) is 19.1 Å². The third-order valence-electron chi connectivity index (χ3n) is 2.44. The first-order chi connectivity index (χ1) is 7.86. The van der Waals surface area contributed by atoms with Gasteiger partial charge in [0.25, 0.3) is 0 Å². The summed E-state index contributed by atoms with van der Waals surface area (Å²) in [6, 6.07) is 6.39. The molecule has 1 unspecified atom stereocenters. The molecule has 2 rings (SSSR count). The number of nitrogens with zero attached hydrogens (tertiary/aromatic N) is 2. The molecule has 0 amide bonds. The molecule has 2 aromatic heterocycles. The summed E-state index contributed by atoms with van der Waals surface area (Å²) in [5.74, 6) is 0. The second-order valence-electron chi connectivity index (χ2n) is 3.65. The average Bonchev–Trinajstić information content (AvgIpc) is 2.84. The van der Waals surface area contributed by atoms with E-state index in [9.17, 15) is 0 Å². The number of nitrogens with one attached hydrogen (secondary N) is 1. The monoisotopic (exact) mass is 233 g/mol. The molecule has 0 aliphatic heterocycles. The second-order valence-corrected chi connectivity index (χ2v) is 4.57. The molecule has 1 N–H and O–H groups in total. The summed E-state index contributed by atoms with van der Waals surface area (Å²) in [6.45, 7) is 3.10. The van der Waals surface area contributed by atoms with Crippen molar-refractivity contribution in [3.05, 3.63) is 46.7 Å². The van der Waals surface area contributed by atoms with Crippen molar-refractivity contribution in [2.75, 3.05) is 6.54 Å². The number of thiazole rings is 1. The highest BCUT2D eigenvalue weighted by atomic mass is 32.1. The van der Waals surface area contributed by atoms with Crippen LogP contribution in [0.15, 0.2) is 36.1 Å². The van der Waals surface area contributed by atoms with E-state index in [-0.39, 0.29) is 0 Å². The fourth-order valence-electron chi connectivity index (χ4n) is 1.50. The minimum atomic E-state index is 0.371. The molecule has 2 heterocycles. The van der Waals surface area contributed by atoms with E-state index in [1.807, 2.05) is 30.0 Å². The summed E-state index contributed by atoms with van der Waals surface area (Å²) in [5, 5.41) is 3.46. The highest BCUT2D eigenvalue weighted by Crippen LogP contribution is 2.15. The molecular formula is C12H15N3S. The summed E-state index contributed by atoms with van der Waals surface area (Å²) in [4.78, 5) is 9.64. The first kappa shape index (κ1) is 11.2. The van der Waals surface area contributed by atoms with Crippen molar-refractivity contribution < 1.29 is 0 Å². The Hall–Kier alpha value is -1.26. The Morgan fingerprint density at radius 3 is 3.06 bits per heavy atom. The molecule has 0 fully saturated rings. The van der Waals surface area contributed by atoms with Gasteiger partial charge in [-0.15, -0.1) is 11.3 Å². The van der Waals surface area contributed by atoms with E-state index in [0.717, 1.165) is 18.7 Å². The first-order valence-electron chi connectivity index (χ1n) is 5.38. The van der Waals surface area contributed by atoms with Gasteiger partial charge >= 0.3 is 0 Å². The molecule has 16 heavy (non-hydrogen) atoms. The van der Waals surface area contributed by atoms with Crippen LogP contribution in [0.1, 0.15) is 23.5 Å². The summed E-state index contributed by atoms with van der Waals surface area (Å²) in [6.07, 6.45) is 4.72. The van der Waals surface area contributed by atoms with E-state index in [1.165, 1.54) is 4.88 Å². The average molecular weight is 233 g/mol. The molecule has 0 aliphatic carbocycles. The van der Waals surface area contributed by atoms with Crippen LogP contribution in [0.5, 0.6) is 0 Å². The molecule has 0 spiro atoms. The van der Waals surface area contributed by atoms with Crippen molar-refractivity contribution in [3.8, 4) is 0 Å². The molecular weight excluding hydrogens is 218 g/mol. The fourth-order valence-corrected chi connectivity index (χ4v) is 2.16. The minimum absolute atomic E-state index is 0.371. The zero-order valence-corrected chi connectivity index (χ0v) is 10.1. The van der Waals surface area contributed by atoms with Crippen LogP contribution in [0.3, 0.4) is 0 Å². The van der Waals surface area contributed by atoms with Crippen molar-refractivity contribution in [2.24, 2.45) is 0 Å². The molecule has 0 saturated heterocycles. The Balaban J connectivity index is 1.76. The normalized spacial score (nSPS) is 12.6. The molecule has 0 aliphatic rings. The standard InChI is InChI=1S/C12H15N3S/c1-10(12-8-13-9-16-12)14-7-5-11-4-2-3-6-15-11/h2-4,6,8-10,14H,5,7H2,1H3. The van der Waals surface area contributed by atoms with Gasteiger partial charge in [0.15, 0.2) is 0 Å². The first-order valence-corrected chi connectivity index (χ1v) is 6.26. The van der Waals surface area contributed by atoms with Gasteiger partial charge in [0.2, 0.25) is 0 Å². The lowest BCUT2D eigenvalue weighted by atomic mass is 10.2. The predicted octanol–water partition coefficient (Wildman–Crippen LogP) is 2.43. The molecule has 4 heteroatoms. The molecule has 3 nitrogen and oxygen atoms in total. The van der Waals surface area contributed by atoms with Gasteiger partial charge in [0.1, 0.15) is 0 Å². The predicted molar refractivity (Wildman–Crippen MR) is 66.5 cm³/mol. The number of pyridine rings is 1. The minimum Gasteiger partial charge on any atom is -0.309 e. The van der Waals surface area contributed by atoms with Gasteiger partial charge in [0.05, 0.1) is 5.51 Å². The molecule has 0 aromatic carbocycles. The third-order valence-corrected chi connectivity index (χ3v) is 3.39. The summed E-state index contributed by atoms with van der Waals surface area (Å²) in [7, 11) is 0.